The van der Waals surface area contributed by atoms with Gasteiger partial charge in [-0.1, -0.05) is 26.8 Å². The summed E-state index contributed by atoms with van der Waals surface area (Å²) in [4.78, 5) is 23.1. The molecule has 1 aromatic carbocycles. The average Bonchev–Trinajstić information content (AvgIpc) is 2.44. The minimum atomic E-state index is -1.22. The molecule has 0 aromatic heterocycles. The van der Waals surface area contributed by atoms with E-state index in [0.29, 0.717) is 25.1 Å². The fourth-order valence-electron chi connectivity index (χ4n) is 2.32. The van der Waals surface area contributed by atoms with Crippen LogP contribution in [0.5, 0.6) is 11.5 Å². The molecular weight excluding hydrogens is 312 g/mol. The Hall–Kier alpha value is -2.44. The summed E-state index contributed by atoms with van der Waals surface area (Å²) in [7, 11) is 1.47. The number of benzene rings is 1. The van der Waals surface area contributed by atoms with E-state index in [2.05, 4.69) is 10.6 Å². The maximum atomic E-state index is 12.2. The molecule has 1 aromatic rings. The van der Waals surface area contributed by atoms with Crippen molar-refractivity contribution in [2.24, 2.45) is 5.41 Å². The molecule has 2 amide bonds. The average molecular weight is 338 g/mol. The number of carboxylic acid groups (broad SMARTS) is 1. The third-order valence-corrected chi connectivity index (χ3v) is 3.39. The number of carbonyl (C=O) groups excluding carboxylic acids is 1. The number of rotatable bonds is 7. The summed E-state index contributed by atoms with van der Waals surface area (Å²) in [5.74, 6) is 0.0724. The molecule has 0 saturated carbocycles. The largest absolute Gasteiger partial charge is 0.504 e. The zero-order chi connectivity index (χ0) is 18.3. The molecule has 7 heteroatoms. The summed E-state index contributed by atoms with van der Waals surface area (Å²) < 4.78 is 4.97. The van der Waals surface area contributed by atoms with Crippen LogP contribution in [0.15, 0.2) is 18.2 Å². The van der Waals surface area contributed by atoms with Crippen LogP contribution < -0.4 is 15.4 Å². The minimum Gasteiger partial charge on any atom is -0.504 e. The predicted molar refractivity (Wildman–Crippen MR) is 90.4 cm³/mol. The van der Waals surface area contributed by atoms with Crippen molar-refractivity contribution < 1.29 is 24.5 Å². The molecule has 0 fully saturated rings. The lowest BCUT2D eigenvalue weighted by Gasteiger charge is -2.25. The Balaban J connectivity index is 2.58. The third kappa shape index (κ3) is 6.76. The fraction of sp³-hybridized carbons (Fsp3) is 0.529. The number of nitrogens with one attached hydrogen (secondary N) is 2. The first kappa shape index (κ1) is 19.6. The van der Waals surface area contributed by atoms with Crippen LogP contribution in [0.4, 0.5) is 4.79 Å². The quantitative estimate of drug-likeness (QED) is 0.609. The van der Waals surface area contributed by atoms with Gasteiger partial charge in [0.25, 0.3) is 0 Å². The summed E-state index contributed by atoms with van der Waals surface area (Å²) in [5, 5.41) is 23.6. The van der Waals surface area contributed by atoms with Crippen molar-refractivity contribution in [1.82, 2.24) is 10.6 Å². The molecule has 0 spiro atoms. The van der Waals surface area contributed by atoms with E-state index in [1.807, 2.05) is 20.8 Å². The van der Waals surface area contributed by atoms with Crippen LogP contribution in [-0.2, 0) is 11.2 Å². The number of ether oxygens (including phenoxy) is 1. The zero-order valence-corrected chi connectivity index (χ0v) is 14.5. The van der Waals surface area contributed by atoms with Gasteiger partial charge in [-0.25, -0.2) is 4.79 Å². The number of methoxy groups -OCH3 is 1. The first-order chi connectivity index (χ1) is 11.1. The van der Waals surface area contributed by atoms with Gasteiger partial charge >= 0.3 is 6.09 Å². The number of phenols is 1. The Morgan fingerprint density at radius 2 is 1.96 bits per heavy atom. The van der Waals surface area contributed by atoms with Gasteiger partial charge in [-0.15, -0.1) is 0 Å². The second-order valence-corrected chi connectivity index (χ2v) is 6.81. The van der Waals surface area contributed by atoms with Crippen LogP contribution in [0.2, 0.25) is 0 Å². The Morgan fingerprint density at radius 3 is 2.46 bits per heavy atom. The highest BCUT2D eigenvalue weighted by Crippen LogP contribution is 2.26. The molecule has 134 valence electrons. The molecule has 7 nitrogen and oxygen atoms in total. The van der Waals surface area contributed by atoms with Gasteiger partial charge in [0.15, 0.2) is 11.5 Å². The van der Waals surface area contributed by atoms with Crippen molar-refractivity contribution in [3.63, 3.8) is 0 Å². The molecule has 1 rings (SSSR count). The van der Waals surface area contributed by atoms with Gasteiger partial charge in [-0.05, 0) is 36.0 Å². The number of carbonyl (C=O) groups is 2. The van der Waals surface area contributed by atoms with E-state index >= 15 is 0 Å². The molecule has 1 atom stereocenters. The van der Waals surface area contributed by atoms with Crippen molar-refractivity contribution in [1.29, 1.82) is 0 Å². The SMILES string of the molecule is COc1ccc(CCNC(=O)[C@@H](CC(C)(C)C)NC(=O)O)cc1O. The Kier molecular flexibility index (Phi) is 6.88. The van der Waals surface area contributed by atoms with Crippen molar-refractivity contribution in [2.45, 2.75) is 39.7 Å². The van der Waals surface area contributed by atoms with E-state index in [0.717, 1.165) is 5.56 Å². The number of aromatic hydroxyl groups is 1. The van der Waals surface area contributed by atoms with E-state index in [4.69, 9.17) is 9.84 Å². The predicted octanol–water partition coefficient (Wildman–Crippen LogP) is 2.13. The molecule has 0 radical (unpaired) electrons. The van der Waals surface area contributed by atoms with Crippen LogP contribution in [0.3, 0.4) is 0 Å². The van der Waals surface area contributed by atoms with Gasteiger partial charge in [0.05, 0.1) is 7.11 Å². The molecule has 0 aliphatic carbocycles. The van der Waals surface area contributed by atoms with E-state index in [1.54, 1.807) is 18.2 Å². The maximum absolute atomic E-state index is 12.2. The zero-order valence-electron chi connectivity index (χ0n) is 14.5. The number of hydrogen-bond donors (Lipinski definition) is 4. The Bertz CT molecular complexity index is 581. The third-order valence-electron chi connectivity index (χ3n) is 3.39. The standard InChI is InChI=1S/C17H26N2O5/c1-17(2,3)10-12(19-16(22)23)15(21)18-8-7-11-5-6-14(24-4)13(20)9-11/h5-6,9,12,19-20H,7-8,10H2,1-4H3,(H,18,21)(H,22,23)/t12-/m1/s1. The molecule has 4 N–H and O–H groups in total. The van der Waals surface area contributed by atoms with Gasteiger partial charge in [0, 0.05) is 6.54 Å². The lowest BCUT2D eigenvalue weighted by molar-refractivity contribution is -0.123. The van der Waals surface area contributed by atoms with Crippen molar-refractivity contribution in [3.8, 4) is 11.5 Å². The minimum absolute atomic E-state index is 0.0412. The Labute approximate surface area is 142 Å². The maximum Gasteiger partial charge on any atom is 0.405 e. The smallest absolute Gasteiger partial charge is 0.405 e. The second kappa shape index (κ2) is 8.42. The van der Waals surface area contributed by atoms with E-state index in [-0.39, 0.29) is 17.1 Å². The van der Waals surface area contributed by atoms with Crippen molar-refractivity contribution >= 4 is 12.0 Å². The highest BCUT2D eigenvalue weighted by atomic mass is 16.5. The number of phenolic OH excluding ortho intramolecular Hbond substituents is 1. The lowest BCUT2D eigenvalue weighted by Crippen LogP contribution is -2.48. The summed E-state index contributed by atoms with van der Waals surface area (Å²) in [5.41, 5.74) is 0.652. The number of hydrogen-bond acceptors (Lipinski definition) is 4. The normalized spacial score (nSPS) is 12.3. The van der Waals surface area contributed by atoms with Crippen LogP contribution in [0.1, 0.15) is 32.8 Å². The van der Waals surface area contributed by atoms with Crippen LogP contribution in [0.25, 0.3) is 0 Å². The molecule has 0 aliphatic rings. The molecule has 0 aliphatic heterocycles. The van der Waals surface area contributed by atoms with E-state index in [9.17, 15) is 14.7 Å². The van der Waals surface area contributed by atoms with Gasteiger partial charge in [0.1, 0.15) is 6.04 Å². The Morgan fingerprint density at radius 1 is 1.29 bits per heavy atom. The molecule has 0 unspecified atom stereocenters. The monoisotopic (exact) mass is 338 g/mol. The van der Waals surface area contributed by atoms with Crippen LogP contribution in [0, 0.1) is 5.41 Å². The first-order valence-corrected chi connectivity index (χ1v) is 7.75. The van der Waals surface area contributed by atoms with Crippen LogP contribution in [-0.4, -0.2) is 41.9 Å². The summed E-state index contributed by atoms with van der Waals surface area (Å²) in [6.45, 7) is 6.16. The summed E-state index contributed by atoms with van der Waals surface area (Å²) in [6, 6.07) is 4.23. The van der Waals surface area contributed by atoms with Crippen LogP contribution >= 0.6 is 0 Å². The topological polar surface area (TPSA) is 108 Å². The molecule has 0 saturated heterocycles. The summed E-state index contributed by atoms with van der Waals surface area (Å²) >= 11 is 0. The second-order valence-electron chi connectivity index (χ2n) is 6.81. The van der Waals surface area contributed by atoms with E-state index < -0.39 is 12.1 Å². The number of amides is 2. The molecular formula is C17H26N2O5. The first-order valence-electron chi connectivity index (χ1n) is 7.75. The highest BCUT2D eigenvalue weighted by molar-refractivity contribution is 5.85. The van der Waals surface area contributed by atoms with Gasteiger partial charge in [0.2, 0.25) is 5.91 Å². The fourth-order valence-corrected chi connectivity index (χ4v) is 2.32. The van der Waals surface area contributed by atoms with Gasteiger partial charge < -0.3 is 25.6 Å². The summed E-state index contributed by atoms with van der Waals surface area (Å²) in [6.07, 6.45) is -0.313. The molecule has 0 bridgehead atoms. The van der Waals surface area contributed by atoms with Crippen molar-refractivity contribution in [2.75, 3.05) is 13.7 Å². The van der Waals surface area contributed by atoms with E-state index in [1.165, 1.54) is 7.11 Å². The molecule has 24 heavy (non-hydrogen) atoms. The highest BCUT2D eigenvalue weighted by Gasteiger charge is 2.26. The van der Waals surface area contributed by atoms with Crippen molar-refractivity contribution in [3.05, 3.63) is 23.8 Å². The van der Waals surface area contributed by atoms with Gasteiger partial charge in [-0.2, -0.15) is 0 Å². The van der Waals surface area contributed by atoms with Gasteiger partial charge in [-0.3, -0.25) is 4.79 Å². The molecule has 0 heterocycles. The lowest BCUT2D eigenvalue weighted by atomic mass is 9.88.